The van der Waals surface area contributed by atoms with Gasteiger partial charge in [0.05, 0.1) is 25.2 Å². The van der Waals surface area contributed by atoms with Gasteiger partial charge in [0, 0.05) is 17.8 Å². The van der Waals surface area contributed by atoms with E-state index in [4.69, 9.17) is 4.74 Å². The second-order valence-electron chi connectivity index (χ2n) is 4.35. The first kappa shape index (κ1) is 14.7. The highest BCUT2D eigenvalue weighted by atomic mass is 16.5. The molecule has 0 saturated carbocycles. The first-order chi connectivity index (χ1) is 10.2. The normalized spacial score (nSPS) is 10.7. The van der Waals surface area contributed by atoms with Crippen molar-refractivity contribution < 1.29 is 14.3 Å². The Balaban J connectivity index is 1.97. The fourth-order valence-corrected chi connectivity index (χ4v) is 1.77. The zero-order valence-electron chi connectivity index (χ0n) is 11.7. The van der Waals surface area contributed by atoms with Gasteiger partial charge in [-0.25, -0.2) is 9.78 Å². The quantitative estimate of drug-likeness (QED) is 0.464. The molecule has 0 aliphatic carbocycles. The number of aromatic nitrogens is 2. The Bertz CT molecular complexity index is 645. The highest BCUT2D eigenvalue weighted by molar-refractivity contribution is 5.95. The molecule has 5 nitrogen and oxygen atoms in total. The van der Waals surface area contributed by atoms with Gasteiger partial charge in [-0.3, -0.25) is 4.79 Å². The van der Waals surface area contributed by atoms with E-state index in [1.54, 1.807) is 42.2 Å². The molecule has 0 saturated heterocycles. The molecular weight excluding hydrogens is 268 g/mol. The molecule has 0 radical (unpaired) electrons. The lowest BCUT2D eigenvalue weighted by Gasteiger charge is -2.01. The summed E-state index contributed by atoms with van der Waals surface area (Å²) < 4.78 is 6.46. The predicted octanol–water partition coefficient (Wildman–Crippen LogP) is 2.34. The van der Waals surface area contributed by atoms with Crippen LogP contribution in [-0.2, 0) is 16.1 Å². The lowest BCUT2D eigenvalue weighted by atomic mass is 10.1. The van der Waals surface area contributed by atoms with Crippen LogP contribution >= 0.6 is 0 Å². The van der Waals surface area contributed by atoms with E-state index >= 15 is 0 Å². The number of imidazole rings is 1. The van der Waals surface area contributed by atoms with Gasteiger partial charge >= 0.3 is 5.97 Å². The van der Waals surface area contributed by atoms with Crippen molar-refractivity contribution in [3.8, 4) is 0 Å². The van der Waals surface area contributed by atoms with Crippen LogP contribution in [0.3, 0.4) is 0 Å². The molecule has 2 rings (SSSR count). The Morgan fingerprint density at radius 1 is 1.29 bits per heavy atom. The van der Waals surface area contributed by atoms with Crippen LogP contribution in [0.4, 0.5) is 0 Å². The van der Waals surface area contributed by atoms with E-state index in [0.29, 0.717) is 17.9 Å². The van der Waals surface area contributed by atoms with Gasteiger partial charge in [0.2, 0.25) is 0 Å². The molecule has 2 aromatic rings. The monoisotopic (exact) mass is 284 g/mol. The van der Waals surface area contributed by atoms with Crippen molar-refractivity contribution in [2.24, 2.45) is 0 Å². The van der Waals surface area contributed by atoms with Gasteiger partial charge in [-0.15, -0.1) is 0 Å². The van der Waals surface area contributed by atoms with E-state index < -0.39 is 5.97 Å². The number of rotatable bonds is 6. The van der Waals surface area contributed by atoms with Gasteiger partial charge in [0.15, 0.2) is 5.78 Å². The number of esters is 1. The molecule has 0 bridgehead atoms. The van der Waals surface area contributed by atoms with Gasteiger partial charge in [-0.2, -0.15) is 0 Å². The molecule has 108 valence electrons. The summed E-state index contributed by atoms with van der Waals surface area (Å²) in [7, 11) is 0. The van der Waals surface area contributed by atoms with Gasteiger partial charge in [-0.05, 0) is 13.0 Å². The van der Waals surface area contributed by atoms with Gasteiger partial charge < -0.3 is 9.30 Å². The van der Waals surface area contributed by atoms with Crippen LogP contribution < -0.4 is 0 Å². The maximum absolute atomic E-state index is 12.0. The molecule has 1 aromatic carbocycles. The Morgan fingerprint density at radius 3 is 2.76 bits per heavy atom. The van der Waals surface area contributed by atoms with E-state index in [2.05, 4.69) is 4.98 Å². The zero-order chi connectivity index (χ0) is 15.1. The summed E-state index contributed by atoms with van der Waals surface area (Å²) in [6.45, 7) is 2.29. The summed E-state index contributed by atoms with van der Waals surface area (Å²) >= 11 is 0. The summed E-state index contributed by atoms with van der Waals surface area (Å²) in [6.07, 6.45) is 6.14. The first-order valence-corrected chi connectivity index (χ1v) is 6.64. The molecule has 0 amide bonds. The Morgan fingerprint density at radius 2 is 2.05 bits per heavy atom. The van der Waals surface area contributed by atoms with Crippen LogP contribution in [0.2, 0.25) is 0 Å². The summed E-state index contributed by atoms with van der Waals surface area (Å²) in [5, 5.41) is 0. The summed E-state index contributed by atoms with van der Waals surface area (Å²) in [6, 6.07) is 9.08. The molecule has 0 aliphatic rings. The number of hydrogen-bond acceptors (Lipinski definition) is 4. The molecule has 0 fully saturated rings. The third-order valence-electron chi connectivity index (χ3n) is 2.75. The number of carbonyl (C=O) groups is 2. The summed E-state index contributed by atoms with van der Waals surface area (Å²) in [5.41, 5.74) is 1.26. The molecule has 0 unspecified atom stereocenters. The minimum atomic E-state index is -0.410. The third kappa shape index (κ3) is 4.42. The van der Waals surface area contributed by atoms with Crippen LogP contribution in [-0.4, -0.2) is 27.9 Å². The standard InChI is InChI=1S/C16H16N2O3/c1-2-21-16(20)9-8-14-10-18(12-17-14)11-15(19)13-6-4-3-5-7-13/h3-10,12H,2,11H2,1H3/b9-8+. The Labute approximate surface area is 122 Å². The Hall–Kier alpha value is -2.69. The smallest absolute Gasteiger partial charge is 0.330 e. The van der Waals surface area contributed by atoms with Crippen molar-refractivity contribution in [2.45, 2.75) is 13.5 Å². The Kier molecular flexibility index (Phi) is 5.04. The second kappa shape index (κ2) is 7.19. The molecule has 21 heavy (non-hydrogen) atoms. The number of carbonyl (C=O) groups excluding carboxylic acids is 2. The molecule has 1 heterocycles. The molecule has 0 spiro atoms. The maximum Gasteiger partial charge on any atom is 0.330 e. The minimum Gasteiger partial charge on any atom is -0.463 e. The number of benzene rings is 1. The fourth-order valence-electron chi connectivity index (χ4n) is 1.77. The third-order valence-corrected chi connectivity index (χ3v) is 2.75. The lowest BCUT2D eigenvalue weighted by Crippen LogP contribution is -2.08. The second-order valence-corrected chi connectivity index (χ2v) is 4.35. The van der Waals surface area contributed by atoms with E-state index in [1.165, 1.54) is 6.08 Å². The van der Waals surface area contributed by atoms with Crippen molar-refractivity contribution in [3.05, 3.63) is 60.2 Å². The summed E-state index contributed by atoms with van der Waals surface area (Å²) in [4.78, 5) is 27.3. The highest BCUT2D eigenvalue weighted by Crippen LogP contribution is 2.04. The highest BCUT2D eigenvalue weighted by Gasteiger charge is 2.06. The zero-order valence-corrected chi connectivity index (χ0v) is 11.7. The van der Waals surface area contributed by atoms with Crippen LogP contribution in [0.25, 0.3) is 6.08 Å². The van der Waals surface area contributed by atoms with E-state index in [0.717, 1.165) is 0 Å². The maximum atomic E-state index is 12.0. The fraction of sp³-hybridized carbons (Fsp3) is 0.188. The van der Waals surface area contributed by atoms with Crippen molar-refractivity contribution in [2.75, 3.05) is 6.61 Å². The molecule has 5 heteroatoms. The van der Waals surface area contributed by atoms with Crippen LogP contribution in [0.1, 0.15) is 23.0 Å². The van der Waals surface area contributed by atoms with Gasteiger partial charge in [-0.1, -0.05) is 30.3 Å². The molecule has 0 N–H and O–H groups in total. The average molecular weight is 284 g/mol. The SMILES string of the molecule is CCOC(=O)/C=C/c1cn(CC(=O)c2ccccc2)cn1. The first-order valence-electron chi connectivity index (χ1n) is 6.64. The molecule has 0 atom stereocenters. The predicted molar refractivity (Wildman–Crippen MR) is 78.7 cm³/mol. The lowest BCUT2D eigenvalue weighted by molar-refractivity contribution is -0.137. The van der Waals surface area contributed by atoms with E-state index in [-0.39, 0.29) is 12.3 Å². The van der Waals surface area contributed by atoms with Gasteiger partial charge in [0.25, 0.3) is 0 Å². The van der Waals surface area contributed by atoms with Crippen LogP contribution in [0, 0.1) is 0 Å². The van der Waals surface area contributed by atoms with Crippen LogP contribution in [0.15, 0.2) is 48.9 Å². The van der Waals surface area contributed by atoms with Crippen LogP contribution in [0.5, 0.6) is 0 Å². The average Bonchev–Trinajstić information content (AvgIpc) is 2.94. The van der Waals surface area contributed by atoms with Gasteiger partial charge in [0.1, 0.15) is 0 Å². The molecular formula is C16H16N2O3. The molecule has 0 aliphatic heterocycles. The van der Waals surface area contributed by atoms with E-state index in [9.17, 15) is 9.59 Å². The number of nitrogens with zero attached hydrogens (tertiary/aromatic N) is 2. The minimum absolute atomic E-state index is 0.00826. The number of hydrogen-bond donors (Lipinski definition) is 0. The van der Waals surface area contributed by atoms with Crippen molar-refractivity contribution >= 4 is 17.8 Å². The number of ketones is 1. The van der Waals surface area contributed by atoms with Crippen molar-refractivity contribution in [1.29, 1.82) is 0 Å². The van der Waals surface area contributed by atoms with Crippen molar-refractivity contribution in [1.82, 2.24) is 9.55 Å². The molecule has 1 aromatic heterocycles. The van der Waals surface area contributed by atoms with E-state index in [1.807, 2.05) is 18.2 Å². The largest absolute Gasteiger partial charge is 0.463 e. The van der Waals surface area contributed by atoms with Crippen molar-refractivity contribution in [3.63, 3.8) is 0 Å². The number of ether oxygens (including phenoxy) is 1. The number of Topliss-reactive ketones (excluding diaryl/α,β-unsaturated/α-hetero) is 1. The summed E-state index contributed by atoms with van der Waals surface area (Å²) in [5.74, 6) is -0.402. The topological polar surface area (TPSA) is 61.2 Å².